The Morgan fingerprint density at radius 2 is 1.75 bits per heavy atom. The second kappa shape index (κ2) is 8.49. The maximum atomic E-state index is 12.0. The fourth-order valence-electron chi connectivity index (χ4n) is 3.06. The zero-order valence-electron chi connectivity index (χ0n) is 15.1. The van der Waals surface area contributed by atoms with Crippen LogP contribution in [0, 0.1) is 0 Å². The van der Waals surface area contributed by atoms with E-state index in [2.05, 4.69) is 36.3 Å². The molecule has 0 unspecified atom stereocenters. The van der Waals surface area contributed by atoms with Gasteiger partial charge >= 0.3 is 6.03 Å². The molecule has 1 heterocycles. The van der Waals surface area contributed by atoms with Crippen LogP contribution in [0.15, 0.2) is 24.3 Å². The summed E-state index contributed by atoms with van der Waals surface area (Å²) in [5.41, 5.74) is 2.27. The number of urea groups is 1. The topological polar surface area (TPSA) is 64.6 Å². The smallest absolute Gasteiger partial charge is 0.315 e. The van der Waals surface area contributed by atoms with E-state index in [4.69, 9.17) is 5.11 Å². The molecule has 1 aromatic carbocycles. The Morgan fingerprint density at radius 3 is 2.29 bits per heavy atom. The maximum absolute atomic E-state index is 12.0. The van der Waals surface area contributed by atoms with Crippen LogP contribution in [0.3, 0.4) is 0 Å². The average molecular weight is 333 g/mol. The number of likely N-dealkylation sites (tertiary alicyclic amines) is 1. The molecular formula is C19H31N3O2. The van der Waals surface area contributed by atoms with Crippen LogP contribution in [0.4, 0.5) is 4.79 Å². The standard InChI is InChI=1S/C19H31N3O2/c1-19(2,3)22-12-9-17(10-13-22)21-18(24)20-11-8-15-4-6-16(14-23)7-5-15/h4-7,17,23H,8-14H2,1-3H3,(H2,20,21,24). The number of benzene rings is 1. The minimum absolute atomic E-state index is 0.0645. The number of rotatable bonds is 5. The number of nitrogens with one attached hydrogen (secondary N) is 2. The molecule has 1 aromatic rings. The van der Waals surface area contributed by atoms with Gasteiger partial charge in [-0.15, -0.1) is 0 Å². The van der Waals surface area contributed by atoms with Gasteiger partial charge in [-0.05, 0) is 51.2 Å². The van der Waals surface area contributed by atoms with Gasteiger partial charge in [0.2, 0.25) is 0 Å². The van der Waals surface area contributed by atoms with Crippen LogP contribution in [0.2, 0.25) is 0 Å². The highest BCUT2D eigenvalue weighted by atomic mass is 16.3. The Hall–Kier alpha value is -1.59. The van der Waals surface area contributed by atoms with Crippen molar-refractivity contribution in [3.63, 3.8) is 0 Å². The first-order chi connectivity index (χ1) is 11.4. The summed E-state index contributed by atoms with van der Waals surface area (Å²) in [5, 5.41) is 15.0. The number of hydrogen-bond acceptors (Lipinski definition) is 3. The zero-order valence-corrected chi connectivity index (χ0v) is 15.1. The Morgan fingerprint density at radius 1 is 1.17 bits per heavy atom. The van der Waals surface area contributed by atoms with Crippen molar-refractivity contribution in [2.75, 3.05) is 19.6 Å². The minimum Gasteiger partial charge on any atom is -0.392 e. The first kappa shape index (κ1) is 18.7. The Balaban J connectivity index is 1.65. The lowest BCUT2D eigenvalue weighted by Crippen LogP contribution is -2.52. The zero-order chi connectivity index (χ0) is 17.6. The van der Waals surface area contributed by atoms with E-state index in [1.807, 2.05) is 24.3 Å². The summed E-state index contributed by atoms with van der Waals surface area (Å²) in [5.74, 6) is 0. The van der Waals surface area contributed by atoms with E-state index in [0.29, 0.717) is 6.54 Å². The number of aliphatic hydroxyl groups excluding tert-OH is 1. The van der Waals surface area contributed by atoms with Crippen molar-refractivity contribution >= 4 is 6.03 Å². The second-order valence-electron chi connectivity index (χ2n) is 7.56. The number of nitrogens with zero attached hydrogens (tertiary/aromatic N) is 1. The van der Waals surface area contributed by atoms with E-state index in [1.54, 1.807) is 0 Å². The number of carbonyl (C=O) groups excluding carboxylic acids is 1. The molecule has 3 N–H and O–H groups in total. The summed E-state index contributed by atoms with van der Waals surface area (Å²) < 4.78 is 0. The molecule has 1 aliphatic heterocycles. The third-order valence-corrected chi connectivity index (χ3v) is 4.68. The van der Waals surface area contributed by atoms with Crippen LogP contribution in [-0.2, 0) is 13.0 Å². The van der Waals surface area contributed by atoms with Crippen LogP contribution in [0.25, 0.3) is 0 Å². The fraction of sp³-hybridized carbons (Fsp3) is 0.632. The van der Waals surface area contributed by atoms with Gasteiger partial charge in [-0.2, -0.15) is 0 Å². The van der Waals surface area contributed by atoms with Crippen molar-refractivity contribution in [2.24, 2.45) is 0 Å². The van der Waals surface area contributed by atoms with Gasteiger partial charge in [0, 0.05) is 31.2 Å². The van der Waals surface area contributed by atoms with Crippen molar-refractivity contribution < 1.29 is 9.90 Å². The molecule has 0 aliphatic carbocycles. The molecule has 0 bridgehead atoms. The molecule has 1 saturated heterocycles. The lowest BCUT2D eigenvalue weighted by atomic mass is 9.98. The van der Waals surface area contributed by atoms with E-state index in [-0.39, 0.29) is 24.2 Å². The Labute approximate surface area is 145 Å². The molecule has 134 valence electrons. The second-order valence-corrected chi connectivity index (χ2v) is 7.56. The van der Waals surface area contributed by atoms with Crippen molar-refractivity contribution in [2.45, 2.75) is 58.2 Å². The summed E-state index contributed by atoms with van der Waals surface area (Å²) in [4.78, 5) is 14.5. The molecule has 0 atom stereocenters. The summed E-state index contributed by atoms with van der Waals surface area (Å²) in [6.07, 6.45) is 2.81. The van der Waals surface area contributed by atoms with E-state index in [0.717, 1.165) is 43.5 Å². The predicted octanol–water partition coefficient (Wildman–Crippen LogP) is 2.28. The molecule has 0 saturated carbocycles. The van der Waals surface area contributed by atoms with Gasteiger partial charge in [-0.3, -0.25) is 4.90 Å². The highest BCUT2D eigenvalue weighted by Gasteiger charge is 2.27. The van der Waals surface area contributed by atoms with E-state index >= 15 is 0 Å². The van der Waals surface area contributed by atoms with Gasteiger partial charge < -0.3 is 15.7 Å². The molecule has 0 aromatic heterocycles. The molecular weight excluding hydrogens is 302 g/mol. The summed E-state index contributed by atoms with van der Waals surface area (Å²) in [6, 6.07) is 8.01. The molecule has 1 aliphatic rings. The van der Waals surface area contributed by atoms with Gasteiger partial charge in [-0.25, -0.2) is 4.79 Å². The predicted molar refractivity (Wildman–Crippen MR) is 97.0 cm³/mol. The van der Waals surface area contributed by atoms with E-state index in [1.165, 1.54) is 0 Å². The molecule has 0 radical (unpaired) electrons. The normalized spacial score (nSPS) is 16.8. The average Bonchev–Trinajstić information content (AvgIpc) is 2.55. The third kappa shape index (κ3) is 5.80. The van der Waals surface area contributed by atoms with Gasteiger partial charge in [0.05, 0.1) is 6.61 Å². The Bertz CT molecular complexity index is 514. The highest BCUT2D eigenvalue weighted by Crippen LogP contribution is 2.19. The summed E-state index contributed by atoms with van der Waals surface area (Å²) in [6.45, 7) is 9.46. The molecule has 5 heteroatoms. The molecule has 5 nitrogen and oxygen atoms in total. The highest BCUT2D eigenvalue weighted by molar-refractivity contribution is 5.74. The first-order valence-corrected chi connectivity index (χ1v) is 8.86. The minimum atomic E-state index is -0.0730. The molecule has 1 fully saturated rings. The largest absolute Gasteiger partial charge is 0.392 e. The Kier molecular flexibility index (Phi) is 6.63. The number of piperidine rings is 1. The van der Waals surface area contributed by atoms with E-state index < -0.39 is 0 Å². The van der Waals surface area contributed by atoms with Gasteiger partial charge in [0.25, 0.3) is 0 Å². The van der Waals surface area contributed by atoms with Crippen LogP contribution in [0.1, 0.15) is 44.7 Å². The summed E-state index contributed by atoms with van der Waals surface area (Å²) >= 11 is 0. The van der Waals surface area contributed by atoms with Gasteiger partial charge in [-0.1, -0.05) is 24.3 Å². The first-order valence-electron chi connectivity index (χ1n) is 8.86. The van der Waals surface area contributed by atoms with Crippen LogP contribution in [0.5, 0.6) is 0 Å². The van der Waals surface area contributed by atoms with Crippen LogP contribution >= 0.6 is 0 Å². The molecule has 2 rings (SSSR count). The number of carbonyl (C=O) groups is 1. The number of hydrogen-bond donors (Lipinski definition) is 3. The number of aliphatic hydroxyl groups is 1. The van der Waals surface area contributed by atoms with Crippen molar-refractivity contribution in [3.05, 3.63) is 35.4 Å². The fourth-order valence-corrected chi connectivity index (χ4v) is 3.06. The lowest BCUT2D eigenvalue weighted by Gasteiger charge is -2.41. The number of amides is 2. The van der Waals surface area contributed by atoms with Crippen LogP contribution in [-0.4, -0.2) is 47.3 Å². The van der Waals surface area contributed by atoms with Crippen molar-refractivity contribution in [3.8, 4) is 0 Å². The molecule has 2 amide bonds. The SMILES string of the molecule is CC(C)(C)N1CCC(NC(=O)NCCc2ccc(CO)cc2)CC1. The van der Waals surface area contributed by atoms with Crippen molar-refractivity contribution in [1.29, 1.82) is 0 Å². The van der Waals surface area contributed by atoms with Crippen LogP contribution < -0.4 is 10.6 Å². The third-order valence-electron chi connectivity index (χ3n) is 4.68. The molecule has 24 heavy (non-hydrogen) atoms. The summed E-state index contributed by atoms with van der Waals surface area (Å²) in [7, 11) is 0. The maximum Gasteiger partial charge on any atom is 0.315 e. The van der Waals surface area contributed by atoms with E-state index in [9.17, 15) is 4.79 Å². The lowest BCUT2D eigenvalue weighted by molar-refractivity contribution is 0.0978. The van der Waals surface area contributed by atoms with Crippen molar-refractivity contribution in [1.82, 2.24) is 15.5 Å². The monoisotopic (exact) mass is 333 g/mol. The van der Waals surface area contributed by atoms with Gasteiger partial charge in [0.1, 0.15) is 0 Å². The molecule has 0 spiro atoms. The van der Waals surface area contributed by atoms with Gasteiger partial charge in [0.15, 0.2) is 0 Å². The quantitative estimate of drug-likeness (QED) is 0.774.